The smallest absolute Gasteiger partial charge is 0.304 e. The molecule has 1 aromatic carbocycles. The third-order valence-electron chi connectivity index (χ3n) is 2.92. The van der Waals surface area contributed by atoms with Crippen molar-refractivity contribution in [3.8, 4) is 0 Å². The minimum absolute atomic E-state index is 0.0470. The molecule has 0 aromatic heterocycles. The van der Waals surface area contributed by atoms with Crippen LogP contribution in [-0.4, -0.2) is 47.8 Å². The number of hydrogen-bond donors (Lipinski definition) is 0. The average molecular weight is 283 g/mol. The highest BCUT2D eigenvalue weighted by atomic mass is 19.1. The van der Waals surface area contributed by atoms with Gasteiger partial charge in [-0.1, -0.05) is 13.0 Å². The third-order valence-corrected chi connectivity index (χ3v) is 2.92. The Morgan fingerprint density at radius 1 is 1.40 bits per heavy atom. The highest BCUT2D eigenvalue weighted by molar-refractivity contribution is 5.77. The van der Waals surface area contributed by atoms with Crippen molar-refractivity contribution in [3.05, 3.63) is 39.7 Å². The number of carbonyl (C=O) groups excluding carboxylic acids is 1. The molecule has 0 aliphatic heterocycles. The van der Waals surface area contributed by atoms with Crippen molar-refractivity contribution in [1.29, 1.82) is 0 Å². The fourth-order valence-electron chi connectivity index (χ4n) is 1.67. The molecule has 7 heteroatoms. The molecule has 0 atom stereocenters. The summed E-state index contributed by atoms with van der Waals surface area (Å²) < 4.78 is 13.5. The van der Waals surface area contributed by atoms with Gasteiger partial charge in [0.05, 0.1) is 11.5 Å². The van der Waals surface area contributed by atoms with Crippen LogP contribution in [0.2, 0.25) is 0 Å². The Hall–Kier alpha value is -2.02. The predicted octanol–water partition coefficient (Wildman–Crippen LogP) is 1.64. The fraction of sp³-hybridized carbons (Fsp3) is 0.462. The number of carbonyl (C=O) groups is 1. The molecule has 0 radical (unpaired) electrons. The van der Waals surface area contributed by atoms with Crippen LogP contribution in [0.1, 0.15) is 12.5 Å². The summed E-state index contributed by atoms with van der Waals surface area (Å²) >= 11 is 0. The molecule has 6 nitrogen and oxygen atoms in total. The molecule has 1 rings (SSSR count). The maximum atomic E-state index is 13.5. The highest BCUT2D eigenvalue weighted by Gasteiger charge is 2.16. The van der Waals surface area contributed by atoms with E-state index in [2.05, 4.69) is 0 Å². The molecule has 110 valence electrons. The average Bonchev–Trinajstić information content (AvgIpc) is 2.37. The van der Waals surface area contributed by atoms with E-state index in [-0.39, 0.29) is 12.5 Å². The molecule has 0 saturated carbocycles. The van der Waals surface area contributed by atoms with Gasteiger partial charge in [-0.05, 0) is 18.2 Å². The van der Waals surface area contributed by atoms with Crippen LogP contribution in [-0.2, 0) is 11.3 Å². The second-order valence-corrected chi connectivity index (χ2v) is 4.63. The highest BCUT2D eigenvalue weighted by Crippen LogP contribution is 2.18. The van der Waals surface area contributed by atoms with Crippen molar-refractivity contribution in [2.75, 3.05) is 27.2 Å². The van der Waals surface area contributed by atoms with Crippen molar-refractivity contribution in [2.24, 2.45) is 0 Å². The van der Waals surface area contributed by atoms with E-state index in [1.54, 1.807) is 14.1 Å². The predicted molar refractivity (Wildman–Crippen MR) is 72.7 cm³/mol. The van der Waals surface area contributed by atoms with Gasteiger partial charge in [-0.3, -0.25) is 19.8 Å². The Labute approximate surface area is 116 Å². The van der Waals surface area contributed by atoms with Crippen LogP contribution in [0, 0.1) is 15.9 Å². The molecule has 0 bridgehead atoms. The van der Waals surface area contributed by atoms with Crippen LogP contribution < -0.4 is 0 Å². The largest absolute Gasteiger partial charge is 0.348 e. The molecule has 0 unspecified atom stereocenters. The van der Waals surface area contributed by atoms with E-state index in [0.29, 0.717) is 18.7 Å². The molecule has 1 amide bonds. The standard InChI is InChI=1S/C13H18FN3O3/c1-4-16(9-13(18)15(2)3)8-10-5-6-12(17(19)20)11(14)7-10/h5-7H,4,8-9H2,1-3H3. The second-order valence-electron chi connectivity index (χ2n) is 4.63. The number of benzene rings is 1. The summed E-state index contributed by atoms with van der Waals surface area (Å²) in [6.07, 6.45) is 0. The first-order chi connectivity index (χ1) is 9.35. The van der Waals surface area contributed by atoms with Gasteiger partial charge in [-0.25, -0.2) is 0 Å². The van der Waals surface area contributed by atoms with Gasteiger partial charge in [-0.2, -0.15) is 4.39 Å². The quantitative estimate of drug-likeness (QED) is 0.588. The van der Waals surface area contributed by atoms with Gasteiger partial charge in [0.15, 0.2) is 0 Å². The maximum absolute atomic E-state index is 13.5. The lowest BCUT2D eigenvalue weighted by Gasteiger charge is -2.21. The maximum Gasteiger partial charge on any atom is 0.304 e. The molecule has 20 heavy (non-hydrogen) atoms. The first-order valence-corrected chi connectivity index (χ1v) is 6.20. The van der Waals surface area contributed by atoms with Crippen molar-refractivity contribution < 1.29 is 14.1 Å². The van der Waals surface area contributed by atoms with Crippen LogP contribution >= 0.6 is 0 Å². The van der Waals surface area contributed by atoms with Crippen molar-refractivity contribution in [2.45, 2.75) is 13.5 Å². The lowest BCUT2D eigenvalue weighted by molar-refractivity contribution is -0.387. The van der Waals surface area contributed by atoms with E-state index in [4.69, 9.17) is 0 Å². The first-order valence-electron chi connectivity index (χ1n) is 6.20. The monoisotopic (exact) mass is 283 g/mol. The molecule has 0 N–H and O–H groups in total. The zero-order chi connectivity index (χ0) is 15.3. The lowest BCUT2D eigenvalue weighted by atomic mass is 10.2. The molecule has 0 fully saturated rings. The molecule has 0 saturated heterocycles. The van der Waals surface area contributed by atoms with E-state index in [1.807, 2.05) is 11.8 Å². The fourth-order valence-corrected chi connectivity index (χ4v) is 1.67. The SMILES string of the molecule is CCN(CC(=O)N(C)C)Cc1ccc([N+](=O)[O-])c(F)c1. The van der Waals surface area contributed by atoms with Crippen LogP contribution in [0.3, 0.4) is 0 Å². The number of nitro benzene ring substituents is 1. The zero-order valence-corrected chi connectivity index (χ0v) is 11.8. The molecule has 0 spiro atoms. The number of rotatable bonds is 6. The van der Waals surface area contributed by atoms with Crippen molar-refractivity contribution >= 4 is 11.6 Å². The van der Waals surface area contributed by atoms with E-state index >= 15 is 0 Å². The van der Waals surface area contributed by atoms with Gasteiger partial charge in [0.2, 0.25) is 11.7 Å². The molecular formula is C13H18FN3O3. The number of likely N-dealkylation sites (N-methyl/N-ethyl adjacent to an activating group) is 2. The normalized spacial score (nSPS) is 10.7. The van der Waals surface area contributed by atoms with E-state index in [1.165, 1.54) is 11.0 Å². The number of nitrogens with zero attached hydrogens (tertiary/aromatic N) is 3. The van der Waals surface area contributed by atoms with Crippen molar-refractivity contribution in [3.63, 3.8) is 0 Å². The van der Waals surface area contributed by atoms with Crippen LogP contribution in [0.25, 0.3) is 0 Å². The Balaban J connectivity index is 2.78. The van der Waals surface area contributed by atoms with Gasteiger partial charge in [0, 0.05) is 26.7 Å². The van der Waals surface area contributed by atoms with Crippen LogP contribution in [0.15, 0.2) is 18.2 Å². The number of halogens is 1. The summed E-state index contributed by atoms with van der Waals surface area (Å²) in [4.78, 5) is 24.7. The Morgan fingerprint density at radius 2 is 2.05 bits per heavy atom. The summed E-state index contributed by atoms with van der Waals surface area (Å²) in [5, 5.41) is 10.5. The molecule has 0 aliphatic carbocycles. The Kier molecular flexibility index (Phi) is 5.57. The van der Waals surface area contributed by atoms with Crippen LogP contribution in [0.5, 0.6) is 0 Å². The minimum Gasteiger partial charge on any atom is -0.348 e. The first kappa shape index (κ1) is 16.0. The Bertz CT molecular complexity index is 506. The van der Waals surface area contributed by atoms with Crippen molar-refractivity contribution in [1.82, 2.24) is 9.80 Å². The van der Waals surface area contributed by atoms with E-state index in [9.17, 15) is 19.3 Å². The van der Waals surface area contributed by atoms with E-state index < -0.39 is 16.4 Å². The lowest BCUT2D eigenvalue weighted by Crippen LogP contribution is -2.36. The number of hydrogen-bond acceptors (Lipinski definition) is 4. The Morgan fingerprint density at radius 3 is 2.50 bits per heavy atom. The third kappa shape index (κ3) is 4.27. The van der Waals surface area contributed by atoms with Crippen LogP contribution in [0.4, 0.5) is 10.1 Å². The minimum atomic E-state index is -0.859. The zero-order valence-electron chi connectivity index (χ0n) is 11.8. The van der Waals surface area contributed by atoms with Gasteiger partial charge in [-0.15, -0.1) is 0 Å². The summed E-state index contributed by atoms with van der Waals surface area (Å²) in [5.41, 5.74) is 0.0580. The summed E-state index contributed by atoms with van der Waals surface area (Å²) in [5.74, 6) is -0.906. The van der Waals surface area contributed by atoms with Gasteiger partial charge in [0.1, 0.15) is 0 Å². The molecular weight excluding hydrogens is 265 g/mol. The van der Waals surface area contributed by atoms with Gasteiger partial charge >= 0.3 is 5.69 Å². The summed E-state index contributed by atoms with van der Waals surface area (Å²) in [6, 6.07) is 3.79. The second kappa shape index (κ2) is 6.95. The van der Waals surface area contributed by atoms with E-state index in [0.717, 1.165) is 12.1 Å². The topological polar surface area (TPSA) is 66.7 Å². The number of nitro groups is 1. The summed E-state index contributed by atoms with van der Waals surface area (Å²) in [6.45, 7) is 3.11. The van der Waals surface area contributed by atoms with Gasteiger partial charge in [0.25, 0.3) is 0 Å². The van der Waals surface area contributed by atoms with Gasteiger partial charge < -0.3 is 4.90 Å². The number of amides is 1. The molecule has 1 aromatic rings. The molecule has 0 aliphatic rings. The summed E-state index contributed by atoms with van der Waals surface area (Å²) in [7, 11) is 3.34. The molecule has 0 heterocycles.